The van der Waals surface area contributed by atoms with Crippen molar-refractivity contribution >= 4 is 33.4 Å². The normalized spacial score (nSPS) is 10.0. The molecule has 0 fully saturated rings. The van der Waals surface area contributed by atoms with E-state index < -0.39 is 6.09 Å². The van der Waals surface area contributed by atoms with E-state index in [1.54, 1.807) is 0 Å². The van der Waals surface area contributed by atoms with Crippen molar-refractivity contribution in [1.82, 2.24) is 0 Å². The van der Waals surface area contributed by atoms with Crippen LogP contribution >= 0.6 is 15.9 Å². The molecule has 0 aromatic heterocycles. The molecule has 2 aromatic carbocycles. The maximum Gasteiger partial charge on any atom is 0.411 e. The first kappa shape index (κ1) is 15.4. The van der Waals surface area contributed by atoms with E-state index in [1.165, 1.54) is 0 Å². The van der Waals surface area contributed by atoms with Gasteiger partial charge in [0.15, 0.2) is 0 Å². The number of carbonyl (C=O) groups is 1. The summed E-state index contributed by atoms with van der Waals surface area (Å²) in [6, 6.07) is 15.3. The van der Waals surface area contributed by atoms with Gasteiger partial charge in [-0.1, -0.05) is 46.3 Å². The highest BCUT2D eigenvalue weighted by molar-refractivity contribution is 9.10. The molecule has 0 aliphatic carbocycles. The van der Waals surface area contributed by atoms with Crippen LogP contribution in [0.5, 0.6) is 0 Å². The van der Waals surface area contributed by atoms with Gasteiger partial charge in [-0.25, -0.2) is 4.79 Å². The second kappa shape index (κ2) is 7.13. The Morgan fingerprint density at radius 2 is 1.90 bits per heavy atom. The molecule has 4 nitrogen and oxygen atoms in total. The van der Waals surface area contributed by atoms with Crippen molar-refractivity contribution in [2.45, 2.75) is 6.61 Å². The van der Waals surface area contributed by atoms with Gasteiger partial charge in [0, 0.05) is 29.9 Å². The largest absolute Gasteiger partial charge is 0.444 e. The monoisotopic (exact) mass is 348 g/mol. The van der Waals surface area contributed by atoms with Gasteiger partial charge in [0.1, 0.15) is 6.61 Å². The van der Waals surface area contributed by atoms with Crippen LogP contribution in [0, 0.1) is 0 Å². The third-order valence-corrected chi connectivity index (χ3v) is 3.32. The zero-order valence-corrected chi connectivity index (χ0v) is 13.6. The molecule has 0 aliphatic heterocycles. The van der Waals surface area contributed by atoms with Crippen LogP contribution in [0.25, 0.3) is 0 Å². The molecule has 0 saturated heterocycles. The average Bonchev–Trinajstić information content (AvgIpc) is 2.45. The summed E-state index contributed by atoms with van der Waals surface area (Å²) < 4.78 is 6.09. The molecule has 2 rings (SSSR count). The Labute approximate surface area is 132 Å². The van der Waals surface area contributed by atoms with Crippen molar-refractivity contribution in [1.29, 1.82) is 0 Å². The quantitative estimate of drug-likeness (QED) is 0.897. The molecule has 0 bridgehead atoms. The predicted octanol–water partition coefficient (Wildman–Crippen LogP) is 4.26. The number of hydrogen-bond donors (Lipinski definition) is 1. The summed E-state index contributed by atoms with van der Waals surface area (Å²) in [5, 5.41) is 2.73. The molecule has 110 valence electrons. The smallest absolute Gasteiger partial charge is 0.411 e. The molecule has 0 heterocycles. The Morgan fingerprint density at radius 3 is 2.57 bits per heavy atom. The second-order valence-corrected chi connectivity index (χ2v) is 5.69. The number of benzene rings is 2. The maximum absolute atomic E-state index is 11.8. The Balaban J connectivity index is 1.96. The fraction of sp³-hybridized carbons (Fsp3) is 0.188. The summed E-state index contributed by atoms with van der Waals surface area (Å²) >= 11 is 3.43. The highest BCUT2D eigenvalue weighted by Gasteiger charge is 2.06. The van der Waals surface area contributed by atoms with E-state index in [1.807, 2.05) is 67.5 Å². The third-order valence-electron chi connectivity index (χ3n) is 2.86. The van der Waals surface area contributed by atoms with Gasteiger partial charge in [-0.05, 0) is 23.8 Å². The number of anilines is 2. The van der Waals surface area contributed by atoms with E-state index in [9.17, 15) is 4.79 Å². The third kappa shape index (κ3) is 4.79. The summed E-state index contributed by atoms with van der Waals surface area (Å²) in [5.41, 5.74) is 2.63. The van der Waals surface area contributed by atoms with Gasteiger partial charge in [-0.3, -0.25) is 5.32 Å². The molecule has 0 radical (unpaired) electrons. The maximum atomic E-state index is 11.8. The Kier molecular flexibility index (Phi) is 5.22. The van der Waals surface area contributed by atoms with Gasteiger partial charge in [-0.15, -0.1) is 0 Å². The molecule has 0 spiro atoms. The zero-order chi connectivity index (χ0) is 15.2. The average molecular weight is 349 g/mol. The lowest BCUT2D eigenvalue weighted by Crippen LogP contribution is -2.14. The summed E-state index contributed by atoms with van der Waals surface area (Å²) in [4.78, 5) is 13.8. The van der Waals surface area contributed by atoms with E-state index >= 15 is 0 Å². The van der Waals surface area contributed by atoms with E-state index in [-0.39, 0.29) is 6.61 Å². The molecule has 21 heavy (non-hydrogen) atoms. The standard InChI is InChI=1S/C16H17BrN2O2/c1-19(2)15-9-13(17)8-14(10-15)18-16(20)21-11-12-6-4-3-5-7-12/h3-10H,11H2,1-2H3,(H,18,20). The molecule has 1 N–H and O–H groups in total. The number of amides is 1. The second-order valence-electron chi connectivity index (χ2n) is 4.78. The van der Waals surface area contributed by atoms with Crippen LogP contribution in [0.2, 0.25) is 0 Å². The minimum atomic E-state index is -0.471. The Morgan fingerprint density at radius 1 is 1.19 bits per heavy atom. The first-order chi connectivity index (χ1) is 10.0. The highest BCUT2D eigenvalue weighted by Crippen LogP contribution is 2.24. The van der Waals surface area contributed by atoms with Gasteiger partial charge in [-0.2, -0.15) is 0 Å². The first-order valence-electron chi connectivity index (χ1n) is 6.50. The topological polar surface area (TPSA) is 41.6 Å². The molecule has 2 aromatic rings. The lowest BCUT2D eigenvalue weighted by molar-refractivity contribution is 0.155. The van der Waals surface area contributed by atoms with E-state index in [2.05, 4.69) is 21.2 Å². The minimum absolute atomic E-state index is 0.251. The fourth-order valence-electron chi connectivity index (χ4n) is 1.78. The number of hydrogen-bond acceptors (Lipinski definition) is 3. The summed E-state index contributed by atoms with van der Waals surface area (Å²) in [6.07, 6.45) is -0.471. The van der Waals surface area contributed by atoms with Crippen LogP contribution in [0.4, 0.5) is 16.2 Å². The van der Waals surface area contributed by atoms with Crippen molar-refractivity contribution in [2.75, 3.05) is 24.3 Å². The molecule has 0 aliphatic rings. The molecule has 5 heteroatoms. The number of nitrogens with zero attached hydrogens (tertiary/aromatic N) is 1. The van der Waals surface area contributed by atoms with Crippen LogP contribution in [0.15, 0.2) is 53.0 Å². The van der Waals surface area contributed by atoms with Gasteiger partial charge >= 0.3 is 6.09 Å². The molecule has 0 atom stereocenters. The van der Waals surface area contributed by atoms with Crippen LogP contribution in [0.3, 0.4) is 0 Å². The molecular formula is C16H17BrN2O2. The van der Waals surface area contributed by atoms with Crippen LogP contribution < -0.4 is 10.2 Å². The number of rotatable bonds is 4. The number of ether oxygens (including phenoxy) is 1. The lowest BCUT2D eigenvalue weighted by atomic mass is 10.2. The SMILES string of the molecule is CN(C)c1cc(Br)cc(NC(=O)OCc2ccccc2)c1. The van der Waals surface area contributed by atoms with Crippen molar-refractivity contribution in [3.8, 4) is 0 Å². The summed E-state index contributed by atoms with van der Waals surface area (Å²) in [5.74, 6) is 0. The Hall–Kier alpha value is -2.01. The summed E-state index contributed by atoms with van der Waals surface area (Å²) in [7, 11) is 3.89. The molecular weight excluding hydrogens is 332 g/mol. The predicted molar refractivity (Wildman–Crippen MR) is 88.7 cm³/mol. The molecule has 1 amide bonds. The van der Waals surface area contributed by atoms with Crippen molar-refractivity contribution in [3.63, 3.8) is 0 Å². The highest BCUT2D eigenvalue weighted by atomic mass is 79.9. The van der Waals surface area contributed by atoms with E-state index in [0.717, 1.165) is 15.7 Å². The fourth-order valence-corrected chi connectivity index (χ4v) is 2.26. The number of nitrogens with one attached hydrogen (secondary N) is 1. The van der Waals surface area contributed by atoms with Crippen LogP contribution in [-0.2, 0) is 11.3 Å². The zero-order valence-electron chi connectivity index (χ0n) is 12.0. The lowest BCUT2D eigenvalue weighted by Gasteiger charge is -2.15. The van der Waals surface area contributed by atoms with Crippen LogP contribution in [-0.4, -0.2) is 20.2 Å². The van der Waals surface area contributed by atoms with E-state index in [4.69, 9.17) is 4.74 Å². The van der Waals surface area contributed by atoms with Gasteiger partial charge in [0.05, 0.1) is 0 Å². The van der Waals surface area contributed by atoms with E-state index in [0.29, 0.717) is 5.69 Å². The van der Waals surface area contributed by atoms with Gasteiger partial charge < -0.3 is 9.64 Å². The van der Waals surface area contributed by atoms with Gasteiger partial charge in [0.25, 0.3) is 0 Å². The minimum Gasteiger partial charge on any atom is -0.444 e. The van der Waals surface area contributed by atoms with Crippen molar-refractivity contribution in [3.05, 3.63) is 58.6 Å². The van der Waals surface area contributed by atoms with Crippen molar-refractivity contribution < 1.29 is 9.53 Å². The first-order valence-corrected chi connectivity index (χ1v) is 7.29. The Bertz CT molecular complexity index is 615. The number of carbonyl (C=O) groups excluding carboxylic acids is 1. The summed E-state index contributed by atoms with van der Waals surface area (Å²) in [6.45, 7) is 0.251. The molecule has 0 unspecified atom stereocenters. The van der Waals surface area contributed by atoms with Crippen LogP contribution in [0.1, 0.15) is 5.56 Å². The van der Waals surface area contributed by atoms with Crippen molar-refractivity contribution in [2.24, 2.45) is 0 Å². The molecule has 0 saturated carbocycles. The number of halogens is 1. The van der Waals surface area contributed by atoms with Gasteiger partial charge in [0.2, 0.25) is 0 Å².